The molecule has 0 spiro atoms. The lowest BCUT2D eigenvalue weighted by atomic mass is 9.85. The Hall–Kier alpha value is -1.70. The van der Waals surface area contributed by atoms with Gasteiger partial charge in [-0.15, -0.1) is 0 Å². The number of fused-ring (bicyclic) bond motifs is 1. The number of hydrogen-bond acceptors (Lipinski definition) is 4. The molecule has 6 nitrogen and oxygen atoms in total. The van der Waals surface area contributed by atoms with Gasteiger partial charge in [-0.2, -0.15) is 5.10 Å². The maximum Gasteiger partial charge on any atom is 0.260 e. The fourth-order valence-electron chi connectivity index (χ4n) is 4.76. The van der Waals surface area contributed by atoms with Crippen LogP contribution in [0.3, 0.4) is 0 Å². The lowest BCUT2D eigenvalue weighted by Crippen LogP contribution is -2.50. The number of hydrogen-bond donors (Lipinski definition) is 1. The fraction of sp³-hybridized carbons (Fsp3) is 0.810. The molecular weight excluding hydrogens is 378 g/mol. The van der Waals surface area contributed by atoms with Gasteiger partial charge >= 0.3 is 0 Å². The zero-order valence-corrected chi connectivity index (χ0v) is 17.5. The molecule has 162 valence electrons. The molecule has 0 radical (unpaired) electrons. The summed E-state index contributed by atoms with van der Waals surface area (Å²) in [7, 11) is 0. The van der Waals surface area contributed by atoms with Crippen molar-refractivity contribution in [1.82, 2.24) is 14.7 Å². The number of carbonyl (C=O) groups is 1. The Kier molecular flexibility index (Phi) is 5.57. The van der Waals surface area contributed by atoms with Gasteiger partial charge in [-0.3, -0.25) is 4.79 Å². The molecule has 4 atom stereocenters. The zero-order valence-electron chi connectivity index (χ0n) is 17.5. The number of ether oxygens (including phenoxy) is 1. The molecule has 0 bridgehead atoms. The van der Waals surface area contributed by atoms with Crippen LogP contribution in [0.15, 0.2) is 6.07 Å². The van der Waals surface area contributed by atoms with Gasteiger partial charge in [0.1, 0.15) is 18.0 Å². The molecule has 8 heteroatoms. The summed E-state index contributed by atoms with van der Waals surface area (Å²) in [6.45, 7) is 8.08. The lowest BCUT2D eigenvalue weighted by molar-refractivity contribution is -0.143. The summed E-state index contributed by atoms with van der Waals surface area (Å²) >= 11 is 0. The van der Waals surface area contributed by atoms with Crippen LogP contribution in [0.25, 0.3) is 0 Å². The van der Waals surface area contributed by atoms with Crippen LogP contribution in [0.4, 0.5) is 14.6 Å². The minimum Gasteiger partial charge on any atom is -0.368 e. The first-order valence-electron chi connectivity index (χ1n) is 10.8. The van der Waals surface area contributed by atoms with Crippen molar-refractivity contribution in [2.75, 3.05) is 25.0 Å². The molecule has 4 heterocycles. The topological polar surface area (TPSA) is 59.4 Å². The van der Waals surface area contributed by atoms with Crippen LogP contribution >= 0.6 is 0 Å². The second-order valence-corrected chi connectivity index (χ2v) is 9.69. The van der Waals surface area contributed by atoms with E-state index in [0.717, 1.165) is 37.9 Å². The lowest BCUT2D eigenvalue weighted by Gasteiger charge is -2.41. The molecule has 1 N–H and O–H groups in total. The molecule has 0 saturated carbocycles. The van der Waals surface area contributed by atoms with Crippen molar-refractivity contribution in [1.29, 1.82) is 0 Å². The molecule has 3 aliphatic rings. The Balaban J connectivity index is 1.51. The highest BCUT2D eigenvalue weighted by atomic mass is 19.3. The minimum atomic E-state index is -2.47. The third-order valence-electron chi connectivity index (χ3n) is 6.48. The van der Waals surface area contributed by atoms with Crippen LogP contribution in [0.1, 0.15) is 64.6 Å². The largest absolute Gasteiger partial charge is 0.368 e. The maximum absolute atomic E-state index is 13.9. The predicted molar refractivity (Wildman–Crippen MR) is 106 cm³/mol. The minimum absolute atomic E-state index is 0.0634. The highest BCUT2D eigenvalue weighted by Gasteiger charge is 2.40. The first-order valence-corrected chi connectivity index (χ1v) is 10.8. The maximum atomic E-state index is 13.9. The Morgan fingerprint density at radius 2 is 2.10 bits per heavy atom. The Labute approximate surface area is 171 Å². The number of piperidine rings is 1. The summed E-state index contributed by atoms with van der Waals surface area (Å²) < 4.78 is 34.8. The van der Waals surface area contributed by atoms with E-state index in [4.69, 9.17) is 4.74 Å². The smallest absolute Gasteiger partial charge is 0.260 e. The van der Waals surface area contributed by atoms with Crippen molar-refractivity contribution in [3.8, 4) is 0 Å². The molecule has 29 heavy (non-hydrogen) atoms. The average molecular weight is 411 g/mol. The van der Waals surface area contributed by atoms with Gasteiger partial charge < -0.3 is 15.0 Å². The van der Waals surface area contributed by atoms with Crippen LogP contribution < -0.4 is 5.32 Å². The highest BCUT2D eigenvalue weighted by molar-refractivity contribution is 5.81. The number of nitrogens with zero attached hydrogens (tertiary/aromatic N) is 3. The van der Waals surface area contributed by atoms with Gasteiger partial charge in [0.25, 0.3) is 12.3 Å². The van der Waals surface area contributed by atoms with Crippen LogP contribution in [-0.2, 0) is 14.9 Å². The third kappa shape index (κ3) is 4.13. The summed E-state index contributed by atoms with van der Waals surface area (Å²) in [5, 5.41) is 7.96. The predicted octanol–water partition coefficient (Wildman–Crippen LogP) is 3.59. The number of likely N-dealkylation sites (tertiary alicyclic amines) is 1. The van der Waals surface area contributed by atoms with Crippen molar-refractivity contribution < 1.29 is 18.3 Å². The van der Waals surface area contributed by atoms with Crippen LogP contribution in [-0.4, -0.2) is 58.9 Å². The number of carbonyl (C=O) groups excluding carboxylic acids is 1. The van der Waals surface area contributed by atoms with Gasteiger partial charge in [-0.25, -0.2) is 13.5 Å². The fourth-order valence-corrected chi connectivity index (χ4v) is 4.76. The summed E-state index contributed by atoms with van der Waals surface area (Å²) in [6.07, 6.45) is 1.06. The van der Waals surface area contributed by atoms with Crippen LogP contribution in [0, 0.1) is 5.92 Å². The van der Waals surface area contributed by atoms with E-state index in [1.54, 1.807) is 0 Å². The van der Waals surface area contributed by atoms with E-state index in [0.29, 0.717) is 25.4 Å². The Morgan fingerprint density at radius 1 is 1.31 bits per heavy atom. The van der Waals surface area contributed by atoms with E-state index in [1.807, 2.05) is 31.7 Å². The van der Waals surface area contributed by atoms with Gasteiger partial charge in [0, 0.05) is 37.2 Å². The number of nitrogens with one attached hydrogen (secondary N) is 1. The molecule has 0 aromatic carbocycles. The summed E-state index contributed by atoms with van der Waals surface area (Å²) in [5.74, 6) is 0.879. The Morgan fingerprint density at radius 3 is 2.76 bits per heavy atom. The standard InChI is InChI=1S/C21H32F2N4O2/c1-21(2,3)17-11-18-24-14(10-15(19(22)23)27(18)25-17)13-6-4-8-26(12-13)20(28)16-7-5-9-29-16/h11,13-16,19,24H,4-10,12H2,1-3H3/t13-,14+,15-,16+/m1/s1. The highest BCUT2D eigenvalue weighted by Crippen LogP contribution is 2.38. The van der Waals surface area contributed by atoms with Crippen molar-refractivity contribution >= 4 is 11.7 Å². The van der Waals surface area contributed by atoms with Gasteiger partial charge in [0.15, 0.2) is 0 Å². The van der Waals surface area contributed by atoms with Crippen molar-refractivity contribution in [2.45, 2.75) is 82.9 Å². The molecule has 0 unspecified atom stereocenters. The van der Waals surface area contributed by atoms with Gasteiger partial charge in [0.05, 0.1) is 5.69 Å². The van der Waals surface area contributed by atoms with Gasteiger partial charge in [-0.1, -0.05) is 20.8 Å². The van der Waals surface area contributed by atoms with Crippen molar-refractivity contribution in [2.24, 2.45) is 5.92 Å². The second kappa shape index (κ2) is 7.85. The first kappa shape index (κ1) is 20.6. The quantitative estimate of drug-likeness (QED) is 0.827. The second-order valence-electron chi connectivity index (χ2n) is 9.69. The summed E-state index contributed by atoms with van der Waals surface area (Å²) in [6, 6.07) is 0.877. The molecule has 3 aliphatic heterocycles. The van der Waals surface area contributed by atoms with Crippen LogP contribution in [0.2, 0.25) is 0 Å². The number of anilines is 1. The van der Waals surface area contributed by atoms with Crippen molar-refractivity contribution in [3.05, 3.63) is 11.8 Å². The van der Waals surface area contributed by atoms with Gasteiger partial charge in [0.2, 0.25) is 0 Å². The van der Waals surface area contributed by atoms with Gasteiger partial charge in [-0.05, 0) is 38.0 Å². The SMILES string of the molecule is CC(C)(C)c1cc2n(n1)[C@@H](C(F)F)C[C@@H]([C@@H]1CCCN(C(=O)[C@@H]3CCCO3)C1)N2. The van der Waals surface area contributed by atoms with Crippen molar-refractivity contribution in [3.63, 3.8) is 0 Å². The molecule has 1 aromatic rings. The van der Waals surface area contributed by atoms with E-state index < -0.39 is 12.5 Å². The molecule has 0 aliphatic carbocycles. The third-order valence-corrected chi connectivity index (χ3v) is 6.48. The van der Waals surface area contributed by atoms with E-state index in [9.17, 15) is 13.6 Å². The van der Waals surface area contributed by atoms with E-state index in [2.05, 4.69) is 10.4 Å². The molecule has 2 fully saturated rings. The monoisotopic (exact) mass is 410 g/mol. The number of halogens is 2. The molecule has 1 aromatic heterocycles. The summed E-state index contributed by atoms with van der Waals surface area (Å²) in [5.41, 5.74) is 0.605. The number of amides is 1. The number of rotatable bonds is 3. The summed E-state index contributed by atoms with van der Waals surface area (Å²) in [4.78, 5) is 14.6. The Bertz CT molecular complexity index is 740. The molecule has 2 saturated heterocycles. The van der Waals surface area contributed by atoms with Crippen LogP contribution in [0.5, 0.6) is 0 Å². The number of aromatic nitrogens is 2. The average Bonchev–Trinajstić information content (AvgIpc) is 3.36. The number of alkyl halides is 2. The molecule has 1 amide bonds. The van der Waals surface area contributed by atoms with E-state index in [1.165, 1.54) is 4.68 Å². The normalized spacial score (nSPS) is 30.3. The van der Waals surface area contributed by atoms with E-state index in [-0.39, 0.29) is 29.4 Å². The zero-order chi connectivity index (χ0) is 20.8. The molecule has 4 rings (SSSR count). The first-order chi connectivity index (χ1) is 13.7. The molecular formula is C21H32F2N4O2. The van der Waals surface area contributed by atoms with E-state index >= 15 is 0 Å².